The number of nitrogens with zero attached hydrogens (tertiary/aromatic N) is 5. The molecule has 2 unspecified atom stereocenters. The Kier molecular flexibility index (Phi) is 6.01. The van der Waals surface area contributed by atoms with Crippen LogP contribution in [0.15, 0.2) is 36.5 Å². The minimum Gasteiger partial charge on any atom is -0.497 e. The molecule has 2 saturated heterocycles. The maximum absolute atomic E-state index is 13.3. The van der Waals surface area contributed by atoms with E-state index in [-0.39, 0.29) is 11.9 Å². The summed E-state index contributed by atoms with van der Waals surface area (Å²) < 4.78 is 18.8. The van der Waals surface area contributed by atoms with Crippen LogP contribution in [0.4, 0.5) is 16.2 Å². The van der Waals surface area contributed by atoms with Crippen LogP contribution >= 0.6 is 0 Å². The van der Waals surface area contributed by atoms with Crippen molar-refractivity contribution in [3.05, 3.63) is 48.0 Å². The van der Waals surface area contributed by atoms with Crippen molar-refractivity contribution in [2.45, 2.75) is 50.7 Å². The number of methoxy groups -OCH3 is 1. The molecule has 3 aromatic rings. The molecule has 2 aliphatic heterocycles. The number of halogens is 1. The van der Waals surface area contributed by atoms with E-state index in [1.807, 2.05) is 25.1 Å². The van der Waals surface area contributed by atoms with Gasteiger partial charge in [-0.1, -0.05) is 6.42 Å². The number of pyridine rings is 1. The molecule has 1 N–H and O–H groups in total. The number of hydrogen-bond donors (Lipinski definition) is 1. The quantitative estimate of drug-likeness (QED) is 0.618. The van der Waals surface area contributed by atoms with Gasteiger partial charge < -0.3 is 15.0 Å². The van der Waals surface area contributed by atoms with E-state index in [4.69, 9.17) is 14.7 Å². The van der Waals surface area contributed by atoms with Crippen molar-refractivity contribution in [2.24, 2.45) is 0 Å². The van der Waals surface area contributed by atoms with E-state index in [0.29, 0.717) is 12.1 Å². The molecular formula is C25H31FN6O. The second-order valence-corrected chi connectivity index (χ2v) is 9.16. The zero-order valence-electron chi connectivity index (χ0n) is 19.5. The highest BCUT2D eigenvalue weighted by atomic mass is 19.1. The van der Waals surface area contributed by atoms with Crippen LogP contribution in [0.2, 0.25) is 0 Å². The summed E-state index contributed by atoms with van der Waals surface area (Å²) in [6.45, 7) is 3.87. The highest BCUT2D eigenvalue weighted by Gasteiger charge is 2.33. The van der Waals surface area contributed by atoms with Crippen molar-refractivity contribution in [1.29, 1.82) is 0 Å². The zero-order chi connectivity index (χ0) is 22.9. The molecule has 0 spiro atoms. The van der Waals surface area contributed by atoms with E-state index in [0.717, 1.165) is 53.6 Å². The number of anilines is 2. The number of nitrogens with one attached hydrogen (secondary N) is 1. The topological polar surface area (TPSA) is 66.4 Å². The molecular weight excluding hydrogens is 419 g/mol. The van der Waals surface area contributed by atoms with Crippen LogP contribution in [-0.2, 0) is 0 Å². The number of hydrogen-bond acceptors (Lipinski definition) is 7. The molecule has 3 atom stereocenters. The maximum atomic E-state index is 13.3. The molecule has 7 nitrogen and oxygen atoms in total. The first-order valence-corrected chi connectivity index (χ1v) is 11.7. The molecule has 2 aliphatic rings. The van der Waals surface area contributed by atoms with Gasteiger partial charge in [-0.05, 0) is 57.5 Å². The molecule has 5 rings (SSSR count). The van der Waals surface area contributed by atoms with Crippen molar-refractivity contribution in [3.63, 3.8) is 0 Å². The largest absolute Gasteiger partial charge is 0.497 e. The lowest BCUT2D eigenvalue weighted by Gasteiger charge is -2.37. The van der Waals surface area contributed by atoms with Gasteiger partial charge in [0.1, 0.15) is 17.4 Å². The van der Waals surface area contributed by atoms with E-state index in [1.54, 1.807) is 13.2 Å². The summed E-state index contributed by atoms with van der Waals surface area (Å²) >= 11 is 0. The van der Waals surface area contributed by atoms with Gasteiger partial charge in [0.25, 0.3) is 0 Å². The predicted molar refractivity (Wildman–Crippen MR) is 128 cm³/mol. The van der Waals surface area contributed by atoms with Crippen molar-refractivity contribution < 1.29 is 9.13 Å². The molecule has 2 aromatic heterocycles. The van der Waals surface area contributed by atoms with Gasteiger partial charge in [-0.2, -0.15) is 4.98 Å². The second-order valence-electron chi connectivity index (χ2n) is 9.16. The second kappa shape index (κ2) is 9.09. The SMILES string of the molecule is COc1ccc2c(N[C@H](C)c3ccc(F)cn3)nc(N3CCC4CCCC(C3)N4C)nc2c1. The fourth-order valence-electron chi connectivity index (χ4n) is 5.09. The highest BCUT2D eigenvalue weighted by molar-refractivity contribution is 5.91. The lowest BCUT2D eigenvalue weighted by atomic mass is 9.96. The van der Waals surface area contributed by atoms with Crippen LogP contribution in [0.5, 0.6) is 5.75 Å². The Labute approximate surface area is 194 Å². The first kappa shape index (κ1) is 21.8. The standard InChI is InChI=1S/C25H31FN6O/c1-16(22-10-7-17(26)14-27-22)28-24-21-9-8-20(33-3)13-23(21)29-25(30-24)32-12-11-18-5-4-6-19(15-32)31(18)2/h7-10,13-14,16,18-19H,4-6,11-12,15H2,1-3H3,(H,28,29,30)/t16-,18?,19?/m1/s1. The lowest BCUT2D eigenvalue weighted by Crippen LogP contribution is -2.45. The average molecular weight is 451 g/mol. The van der Waals surface area contributed by atoms with Crippen LogP contribution in [0.25, 0.3) is 10.9 Å². The molecule has 8 heteroatoms. The third-order valence-corrected chi connectivity index (χ3v) is 7.11. The van der Waals surface area contributed by atoms with E-state index < -0.39 is 0 Å². The fourth-order valence-corrected chi connectivity index (χ4v) is 5.09. The van der Waals surface area contributed by atoms with Gasteiger partial charge >= 0.3 is 0 Å². The number of rotatable bonds is 5. The van der Waals surface area contributed by atoms with Gasteiger partial charge in [0.05, 0.1) is 30.6 Å². The van der Waals surface area contributed by atoms with Gasteiger partial charge in [-0.25, -0.2) is 9.37 Å². The molecule has 174 valence electrons. The Hall–Kier alpha value is -3.00. The molecule has 2 bridgehead atoms. The monoisotopic (exact) mass is 450 g/mol. The summed E-state index contributed by atoms with van der Waals surface area (Å²) in [7, 11) is 3.92. The smallest absolute Gasteiger partial charge is 0.227 e. The maximum Gasteiger partial charge on any atom is 0.227 e. The summed E-state index contributed by atoms with van der Waals surface area (Å²) in [4.78, 5) is 19.1. The van der Waals surface area contributed by atoms with E-state index in [1.165, 1.54) is 31.5 Å². The van der Waals surface area contributed by atoms with Crippen molar-refractivity contribution in [3.8, 4) is 5.75 Å². The van der Waals surface area contributed by atoms with Gasteiger partial charge in [-0.3, -0.25) is 9.88 Å². The molecule has 0 aliphatic carbocycles. The normalized spacial score (nSPS) is 22.1. The fraction of sp³-hybridized carbons (Fsp3) is 0.480. The Morgan fingerprint density at radius 3 is 2.76 bits per heavy atom. The molecule has 0 saturated carbocycles. The highest BCUT2D eigenvalue weighted by Crippen LogP contribution is 2.32. The molecule has 2 fully saturated rings. The van der Waals surface area contributed by atoms with Gasteiger partial charge in [0.2, 0.25) is 5.95 Å². The number of aromatic nitrogens is 3. The van der Waals surface area contributed by atoms with Crippen LogP contribution in [0, 0.1) is 5.82 Å². The summed E-state index contributed by atoms with van der Waals surface area (Å²) in [5.41, 5.74) is 1.59. The molecule has 33 heavy (non-hydrogen) atoms. The summed E-state index contributed by atoms with van der Waals surface area (Å²) in [6, 6.07) is 10.00. The lowest BCUT2D eigenvalue weighted by molar-refractivity contribution is 0.127. The molecule has 4 heterocycles. The average Bonchev–Trinajstić information content (AvgIpc) is 2.90. The summed E-state index contributed by atoms with van der Waals surface area (Å²) in [5, 5.41) is 4.41. The van der Waals surface area contributed by atoms with Crippen molar-refractivity contribution in [1.82, 2.24) is 19.9 Å². The van der Waals surface area contributed by atoms with Crippen molar-refractivity contribution in [2.75, 3.05) is 37.5 Å². The van der Waals surface area contributed by atoms with Crippen LogP contribution < -0.4 is 15.0 Å². The third kappa shape index (κ3) is 4.44. The van der Waals surface area contributed by atoms with Crippen LogP contribution in [-0.4, -0.2) is 59.2 Å². The minimum atomic E-state index is -0.343. The number of ether oxygens (including phenoxy) is 1. The van der Waals surface area contributed by atoms with Gasteiger partial charge in [0, 0.05) is 36.6 Å². The minimum absolute atomic E-state index is 0.145. The number of likely N-dealkylation sites (N-methyl/N-ethyl adjacent to an activating group) is 1. The molecule has 0 amide bonds. The third-order valence-electron chi connectivity index (χ3n) is 7.11. The number of fused-ring (bicyclic) bond motifs is 3. The van der Waals surface area contributed by atoms with Crippen LogP contribution in [0.3, 0.4) is 0 Å². The summed E-state index contributed by atoms with van der Waals surface area (Å²) in [5.74, 6) is 1.90. The van der Waals surface area contributed by atoms with Crippen LogP contribution in [0.1, 0.15) is 44.3 Å². The predicted octanol–water partition coefficient (Wildman–Crippen LogP) is 4.41. The summed E-state index contributed by atoms with van der Waals surface area (Å²) in [6.07, 6.45) is 6.13. The first-order chi connectivity index (χ1) is 16.0. The molecule has 1 aromatic carbocycles. The van der Waals surface area contributed by atoms with E-state index in [9.17, 15) is 4.39 Å². The Bertz CT molecular complexity index is 1120. The van der Waals surface area contributed by atoms with Gasteiger partial charge in [0.15, 0.2) is 0 Å². The Balaban J connectivity index is 1.51. The van der Waals surface area contributed by atoms with Crippen molar-refractivity contribution >= 4 is 22.7 Å². The van der Waals surface area contributed by atoms with E-state index in [2.05, 4.69) is 27.1 Å². The Morgan fingerprint density at radius 2 is 1.97 bits per heavy atom. The first-order valence-electron chi connectivity index (χ1n) is 11.7. The Morgan fingerprint density at radius 1 is 1.12 bits per heavy atom. The van der Waals surface area contributed by atoms with E-state index >= 15 is 0 Å². The zero-order valence-corrected chi connectivity index (χ0v) is 19.5. The number of piperidine rings is 1. The number of benzene rings is 1. The molecule has 0 radical (unpaired) electrons. The van der Waals surface area contributed by atoms with Gasteiger partial charge in [-0.15, -0.1) is 0 Å².